The zero-order valence-electron chi connectivity index (χ0n) is 8.22. The normalized spacial score (nSPS) is 13.9. The van der Waals surface area contributed by atoms with Gasteiger partial charge in [-0.3, -0.25) is 9.78 Å². The van der Waals surface area contributed by atoms with E-state index in [4.69, 9.17) is 0 Å². The summed E-state index contributed by atoms with van der Waals surface area (Å²) in [6.07, 6.45) is 0. The predicted octanol–water partition coefficient (Wildman–Crippen LogP) is -0.327. The van der Waals surface area contributed by atoms with Crippen LogP contribution >= 0.6 is 0 Å². The third kappa shape index (κ3) is 1.39. The number of aromatic amines is 1. The Balaban J connectivity index is 2.52. The minimum absolute atomic E-state index is 0.133. The molecule has 1 aromatic rings. The number of anilines is 3. The summed E-state index contributed by atoms with van der Waals surface area (Å²) in [5.74, 6) is 1.19. The fourth-order valence-electron chi connectivity index (χ4n) is 1.33. The quantitative estimate of drug-likeness (QED) is 0.572. The maximum Gasteiger partial charge on any atom is 0.277 e. The number of rotatable bonds is 1. The molecule has 0 aliphatic carbocycles. The Morgan fingerprint density at radius 3 is 2.71 bits per heavy atom. The van der Waals surface area contributed by atoms with E-state index in [0.29, 0.717) is 17.5 Å². The Hall–Kier alpha value is -1.72. The molecule has 0 saturated carbocycles. The molecule has 0 aromatic carbocycles. The number of hydrogen-bond acceptors (Lipinski definition) is 5. The molecule has 0 radical (unpaired) electrons. The van der Waals surface area contributed by atoms with E-state index < -0.39 is 0 Å². The van der Waals surface area contributed by atoms with Gasteiger partial charge in [-0.25, -0.2) is 0 Å². The summed E-state index contributed by atoms with van der Waals surface area (Å²) in [4.78, 5) is 20.3. The van der Waals surface area contributed by atoms with Crippen LogP contribution in [0.5, 0.6) is 0 Å². The van der Waals surface area contributed by atoms with Crippen LogP contribution in [0.15, 0.2) is 4.79 Å². The molecule has 6 nitrogen and oxygen atoms in total. The van der Waals surface area contributed by atoms with Crippen molar-refractivity contribution in [1.82, 2.24) is 9.97 Å². The molecule has 14 heavy (non-hydrogen) atoms. The molecule has 0 spiro atoms. The summed E-state index contributed by atoms with van der Waals surface area (Å²) in [5, 5.41) is 6.09. The van der Waals surface area contributed by atoms with E-state index in [1.807, 2.05) is 14.1 Å². The van der Waals surface area contributed by atoms with Crippen LogP contribution in [0.3, 0.4) is 0 Å². The summed E-state index contributed by atoms with van der Waals surface area (Å²) in [5.41, 5.74) is 0.396. The molecule has 0 atom stereocenters. The molecule has 1 aliphatic rings. The van der Waals surface area contributed by atoms with Gasteiger partial charge in [-0.1, -0.05) is 0 Å². The Bertz CT molecular complexity index is 397. The standard InChI is InChI=1S/C8H13N5O/c1-13(2)8-11-6-5(7(14)12-8)9-3-4-10-6/h9H,3-4H2,1-2H3,(H2,10,11,12,14). The van der Waals surface area contributed by atoms with Crippen LogP contribution < -0.4 is 21.1 Å². The Morgan fingerprint density at radius 1 is 1.29 bits per heavy atom. The third-order valence-corrected chi connectivity index (χ3v) is 2.05. The van der Waals surface area contributed by atoms with Gasteiger partial charge in [0.2, 0.25) is 5.95 Å². The lowest BCUT2D eigenvalue weighted by molar-refractivity contribution is 0.942. The van der Waals surface area contributed by atoms with E-state index in [-0.39, 0.29) is 5.56 Å². The van der Waals surface area contributed by atoms with Gasteiger partial charge in [-0.05, 0) is 0 Å². The average Bonchev–Trinajstić information content (AvgIpc) is 2.17. The number of fused-ring (bicyclic) bond motifs is 1. The number of aromatic nitrogens is 2. The van der Waals surface area contributed by atoms with Crippen LogP contribution in [0.2, 0.25) is 0 Å². The molecular formula is C8H13N5O. The van der Waals surface area contributed by atoms with Crippen LogP contribution in [-0.2, 0) is 0 Å². The summed E-state index contributed by atoms with van der Waals surface area (Å²) >= 11 is 0. The minimum atomic E-state index is -0.133. The number of H-pyrrole nitrogens is 1. The summed E-state index contributed by atoms with van der Waals surface area (Å²) in [6.45, 7) is 1.54. The van der Waals surface area contributed by atoms with E-state index in [9.17, 15) is 4.79 Å². The summed E-state index contributed by atoms with van der Waals surface area (Å²) in [7, 11) is 3.67. The van der Waals surface area contributed by atoms with Crippen LogP contribution in [0, 0.1) is 0 Å². The van der Waals surface area contributed by atoms with Crippen LogP contribution in [0.1, 0.15) is 0 Å². The van der Waals surface area contributed by atoms with Gasteiger partial charge in [0.15, 0.2) is 5.82 Å². The van der Waals surface area contributed by atoms with Crippen molar-refractivity contribution in [3.8, 4) is 0 Å². The Morgan fingerprint density at radius 2 is 2.00 bits per heavy atom. The van der Waals surface area contributed by atoms with Crippen molar-refractivity contribution in [2.24, 2.45) is 0 Å². The molecule has 6 heteroatoms. The molecule has 0 saturated heterocycles. The van der Waals surface area contributed by atoms with Gasteiger partial charge >= 0.3 is 0 Å². The van der Waals surface area contributed by atoms with Crippen LogP contribution in [0.4, 0.5) is 17.5 Å². The van der Waals surface area contributed by atoms with Crippen molar-refractivity contribution in [1.29, 1.82) is 0 Å². The number of nitrogens with one attached hydrogen (secondary N) is 3. The molecule has 1 aromatic heterocycles. The Labute approximate surface area is 81.3 Å². The highest BCUT2D eigenvalue weighted by Gasteiger charge is 2.14. The molecule has 3 N–H and O–H groups in total. The first-order valence-corrected chi connectivity index (χ1v) is 4.48. The number of hydrogen-bond donors (Lipinski definition) is 3. The van der Waals surface area contributed by atoms with Crippen LogP contribution in [0.25, 0.3) is 0 Å². The van der Waals surface area contributed by atoms with E-state index in [2.05, 4.69) is 20.6 Å². The smallest absolute Gasteiger partial charge is 0.277 e. The fraction of sp³-hybridized carbons (Fsp3) is 0.500. The lowest BCUT2D eigenvalue weighted by Crippen LogP contribution is -2.29. The van der Waals surface area contributed by atoms with Gasteiger partial charge in [0.05, 0.1) is 0 Å². The molecule has 0 amide bonds. The topological polar surface area (TPSA) is 73.0 Å². The fourth-order valence-corrected chi connectivity index (χ4v) is 1.33. The third-order valence-electron chi connectivity index (χ3n) is 2.05. The first-order chi connectivity index (χ1) is 6.68. The zero-order chi connectivity index (χ0) is 10.1. The maximum absolute atomic E-state index is 11.6. The monoisotopic (exact) mass is 195 g/mol. The van der Waals surface area contributed by atoms with Crippen LogP contribution in [-0.4, -0.2) is 37.2 Å². The first-order valence-electron chi connectivity index (χ1n) is 4.48. The molecule has 0 bridgehead atoms. The van der Waals surface area contributed by atoms with Gasteiger partial charge < -0.3 is 15.5 Å². The van der Waals surface area contributed by atoms with Gasteiger partial charge in [0.25, 0.3) is 5.56 Å². The second kappa shape index (κ2) is 3.21. The molecule has 2 heterocycles. The van der Waals surface area contributed by atoms with Gasteiger partial charge in [0.1, 0.15) is 5.69 Å². The summed E-state index contributed by atoms with van der Waals surface area (Å²) < 4.78 is 0. The first kappa shape index (κ1) is 8.86. The summed E-state index contributed by atoms with van der Waals surface area (Å²) in [6, 6.07) is 0. The van der Waals surface area contributed by atoms with Crippen molar-refractivity contribution in [3.63, 3.8) is 0 Å². The average molecular weight is 195 g/mol. The maximum atomic E-state index is 11.6. The molecule has 2 rings (SSSR count). The molecule has 1 aliphatic heterocycles. The lowest BCUT2D eigenvalue weighted by atomic mass is 10.3. The van der Waals surface area contributed by atoms with E-state index in [0.717, 1.165) is 13.1 Å². The van der Waals surface area contributed by atoms with E-state index >= 15 is 0 Å². The van der Waals surface area contributed by atoms with Crippen molar-refractivity contribution in [2.45, 2.75) is 0 Å². The SMILES string of the molecule is CN(C)c1nc2c(c(=O)[nH]1)NCCN2. The predicted molar refractivity (Wildman–Crippen MR) is 56.2 cm³/mol. The van der Waals surface area contributed by atoms with E-state index in [1.54, 1.807) is 4.90 Å². The zero-order valence-corrected chi connectivity index (χ0v) is 8.22. The number of nitrogens with zero attached hydrogens (tertiary/aromatic N) is 2. The second-order valence-electron chi connectivity index (χ2n) is 3.36. The van der Waals surface area contributed by atoms with Gasteiger partial charge in [0, 0.05) is 27.2 Å². The molecular weight excluding hydrogens is 182 g/mol. The molecule has 0 fully saturated rings. The van der Waals surface area contributed by atoms with Crippen molar-refractivity contribution in [2.75, 3.05) is 42.7 Å². The highest BCUT2D eigenvalue weighted by molar-refractivity contribution is 5.66. The largest absolute Gasteiger partial charge is 0.376 e. The van der Waals surface area contributed by atoms with Gasteiger partial charge in [-0.2, -0.15) is 4.98 Å². The van der Waals surface area contributed by atoms with Crippen molar-refractivity contribution >= 4 is 17.5 Å². The molecule has 76 valence electrons. The van der Waals surface area contributed by atoms with Crippen molar-refractivity contribution in [3.05, 3.63) is 10.4 Å². The molecule has 0 unspecified atom stereocenters. The van der Waals surface area contributed by atoms with E-state index in [1.165, 1.54) is 0 Å². The highest BCUT2D eigenvalue weighted by Crippen LogP contribution is 2.18. The highest BCUT2D eigenvalue weighted by atomic mass is 16.1. The van der Waals surface area contributed by atoms with Crippen molar-refractivity contribution < 1.29 is 0 Å². The second-order valence-corrected chi connectivity index (χ2v) is 3.36. The van der Waals surface area contributed by atoms with Gasteiger partial charge in [-0.15, -0.1) is 0 Å². The lowest BCUT2D eigenvalue weighted by Gasteiger charge is -2.20. The minimum Gasteiger partial charge on any atom is -0.376 e. The Kier molecular flexibility index (Phi) is 2.03.